The summed E-state index contributed by atoms with van der Waals surface area (Å²) in [6.45, 7) is -0.629. The van der Waals surface area contributed by atoms with Crippen molar-refractivity contribution in [3.05, 3.63) is 0 Å². The summed E-state index contributed by atoms with van der Waals surface area (Å²) in [6, 6.07) is 0. The molecular formula is C11H15F8NO2. The molecule has 0 bridgehead atoms. The quantitative estimate of drug-likeness (QED) is 0.473. The molecule has 0 aromatic carbocycles. The maximum Gasteiger partial charge on any atom is 0.392 e. The van der Waals surface area contributed by atoms with Crippen molar-refractivity contribution in [3.8, 4) is 0 Å². The molecule has 0 aliphatic heterocycles. The van der Waals surface area contributed by atoms with Gasteiger partial charge in [0.2, 0.25) is 0 Å². The van der Waals surface area contributed by atoms with E-state index in [1.165, 1.54) is 5.32 Å². The first kappa shape index (κ1) is 20.9. The van der Waals surface area contributed by atoms with E-state index in [2.05, 4.69) is 0 Å². The standard InChI is InChI=1S/C11H15F8NO2/c12-7(13)9(14,15)11(18,19)10(16,17)8(22)20-5-3-1-2-4-6-21/h7,21H,1-6H2,(H,20,22). The molecule has 11 heteroatoms. The van der Waals surface area contributed by atoms with Crippen molar-refractivity contribution in [2.24, 2.45) is 0 Å². The summed E-state index contributed by atoms with van der Waals surface area (Å²) < 4.78 is 101. The molecule has 0 spiro atoms. The van der Waals surface area contributed by atoms with Crippen LogP contribution in [0.5, 0.6) is 0 Å². The van der Waals surface area contributed by atoms with Crippen molar-refractivity contribution in [1.29, 1.82) is 0 Å². The third-order valence-electron chi connectivity index (χ3n) is 2.74. The molecule has 3 nitrogen and oxygen atoms in total. The number of carbonyl (C=O) groups excluding carboxylic acids is 1. The van der Waals surface area contributed by atoms with Crippen LogP contribution in [-0.4, -0.2) is 48.4 Å². The van der Waals surface area contributed by atoms with Crippen LogP contribution in [0.4, 0.5) is 35.1 Å². The van der Waals surface area contributed by atoms with Gasteiger partial charge in [-0.2, -0.15) is 26.3 Å². The van der Waals surface area contributed by atoms with Crippen LogP contribution in [0.15, 0.2) is 0 Å². The van der Waals surface area contributed by atoms with Crippen LogP contribution in [0, 0.1) is 0 Å². The van der Waals surface area contributed by atoms with Gasteiger partial charge >= 0.3 is 24.2 Å². The zero-order valence-electron chi connectivity index (χ0n) is 11.2. The van der Waals surface area contributed by atoms with Crippen molar-refractivity contribution >= 4 is 5.91 Å². The summed E-state index contributed by atoms with van der Waals surface area (Å²) in [5, 5.41) is 9.75. The first-order valence-corrected chi connectivity index (χ1v) is 6.23. The molecule has 1 amide bonds. The number of aliphatic hydroxyl groups is 1. The number of aliphatic hydroxyl groups excluding tert-OH is 1. The van der Waals surface area contributed by atoms with E-state index in [-0.39, 0.29) is 13.0 Å². The fourth-order valence-corrected chi connectivity index (χ4v) is 1.39. The molecule has 0 aliphatic rings. The van der Waals surface area contributed by atoms with Gasteiger partial charge in [-0.15, -0.1) is 0 Å². The molecule has 0 heterocycles. The van der Waals surface area contributed by atoms with E-state index in [1.807, 2.05) is 0 Å². The highest BCUT2D eigenvalue weighted by molar-refractivity contribution is 5.84. The van der Waals surface area contributed by atoms with Gasteiger partial charge in [-0.1, -0.05) is 12.8 Å². The van der Waals surface area contributed by atoms with Crippen LogP contribution < -0.4 is 5.32 Å². The molecule has 22 heavy (non-hydrogen) atoms. The number of hydrogen-bond donors (Lipinski definition) is 2. The van der Waals surface area contributed by atoms with Gasteiger partial charge in [0.05, 0.1) is 0 Å². The van der Waals surface area contributed by atoms with Crippen LogP contribution >= 0.6 is 0 Å². The van der Waals surface area contributed by atoms with Gasteiger partial charge in [0.15, 0.2) is 0 Å². The van der Waals surface area contributed by atoms with Gasteiger partial charge in [0.1, 0.15) is 0 Å². The Morgan fingerprint density at radius 2 is 1.45 bits per heavy atom. The van der Waals surface area contributed by atoms with Gasteiger partial charge in [0.25, 0.3) is 5.91 Å². The number of hydrogen-bond acceptors (Lipinski definition) is 2. The number of unbranched alkanes of at least 4 members (excludes halogenated alkanes) is 3. The SMILES string of the molecule is O=C(NCCCCCCO)C(F)(F)C(F)(F)C(F)(F)C(F)F. The van der Waals surface area contributed by atoms with E-state index in [0.717, 1.165) is 0 Å². The summed E-state index contributed by atoms with van der Waals surface area (Å²) in [5.41, 5.74) is 0. The number of nitrogens with one attached hydrogen (secondary N) is 1. The van der Waals surface area contributed by atoms with E-state index in [1.54, 1.807) is 0 Å². The normalized spacial score (nSPS) is 13.5. The van der Waals surface area contributed by atoms with Crippen LogP contribution in [0.2, 0.25) is 0 Å². The van der Waals surface area contributed by atoms with E-state index in [0.29, 0.717) is 19.3 Å². The number of carbonyl (C=O) groups is 1. The Balaban J connectivity index is 4.68. The molecule has 0 fully saturated rings. The smallest absolute Gasteiger partial charge is 0.392 e. The third kappa shape index (κ3) is 4.43. The van der Waals surface area contributed by atoms with Gasteiger partial charge in [-0.3, -0.25) is 4.79 Å². The molecule has 0 saturated carbocycles. The molecule has 0 aromatic heterocycles. The number of alkyl halides is 8. The van der Waals surface area contributed by atoms with Crippen LogP contribution in [0.25, 0.3) is 0 Å². The van der Waals surface area contributed by atoms with Crippen molar-refractivity contribution in [1.82, 2.24) is 5.32 Å². The maximum atomic E-state index is 13.1. The molecule has 0 aromatic rings. The van der Waals surface area contributed by atoms with Crippen LogP contribution in [0.1, 0.15) is 25.7 Å². The van der Waals surface area contributed by atoms with E-state index in [4.69, 9.17) is 5.11 Å². The number of amides is 1. The highest BCUT2D eigenvalue weighted by Crippen LogP contribution is 2.48. The summed E-state index contributed by atoms with van der Waals surface area (Å²) >= 11 is 0. The molecule has 132 valence electrons. The second kappa shape index (κ2) is 7.93. The summed E-state index contributed by atoms with van der Waals surface area (Å²) in [7, 11) is 0. The largest absolute Gasteiger partial charge is 0.396 e. The Kier molecular flexibility index (Phi) is 7.52. The number of halogens is 8. The molecule has 0 rings (SSSR count). The number of rotatable bonds is 10. The molecule has 0 radical (unpaired) electrons. The Labute approximate surface area is 120 Å². The zero-order chi connectivity index (χ0) is 17.6. The van der Waals surface area contributed by atoms with Crippen molar-refractivity contribution < 1.29 is 45.0 Å². The molecular weight excluding hydrogens is 330 g/mol. The Bertz CT molecular complexity index is 362. The lowest BCUT2D eigenvalue weighted by Crippen LogP contribution is -2.63. The Morgan fingerprint density at radius 1 is 0.955 bits per heavy atom. The lowest BCUT2D eigenvalue weighted by Gasteiger charge is -2.31. The fraction of sp³-hybridized carbons (Fsp3) is 0.909. The summed E-state index contributed by atoms with van der Waals surface area (Å²) in [6.07, 6.45) is -3.75. The van der Waals surface area contributed by atoms with E-state index >= 15 is 0 Å². The average molecular weight is 345 g/mol. The topological polar surface area (TPSA) is 49.3 Å². The molecule has 0 atom stereocenters. The predicted molar refractivity (Wildman–Crippen MR) is 59.4 cm³/mol. The van der Waals surface area contributed by atoms with Crippen LogP contribution in [-0.2, 0) is 4.79 Å². The molecule has 0 saturated heterocycles. The Hall–Kier alpha value is -1.13. The summed E-state index contributed by atoms with van der Waals surface area (Å²) in [4.78, 5) is 10.9. The van der Waals surface area contributed by atoms with Crippen LogP contribution in [0.3, 0.4) is 0 Å². The maximum absolute atomic E-state index is 13.1. The van der Waals surface area contributed by atoms with Crippen molar-refractivity contribution in [2.75, 3.05) is 13.2 Å². The van der Waals surface area contributed by atoms with Gasteiger partial charge in [0, 0.05) is 13.2 Å². The highest BCUT2D eigenvalue weighted by Gasteiger charge is 2.78. The van der Waals surface area contributed by atoms with Gasteiger partial charge in [-0.25, -0.2) is 8.78 Å². The summed E-state index contributed by atoms with van der Waals surface area (Å²) in [5.74, 6) is -21.6. The van der Waals surface area contributed by atoms with Gasteiger partial charge in [-0.05, 0) is 12.8 Å². The second-order valence-electron chi connectivity index (χ2n) is 4.47. The lowest BCUT2D eigenvalue weighted by molar-refractivity contribution is -0.327. The average Bonchev–Trinajstić information content (AvgIpc) is 2.41. The minimum Gasteiger partial charge on any atom is -0.396 e. The van der Waals surface area contributed by atoms with E-state index < -0.39 is 36.6 Å². The van der Waals surface area contributed by atoms with E-state index in [9.17, 15) is 39.9 Å². The minimum absolute atomic E-state index is 0.0681. The molecule has 0 aliphatic carbocycles. The van der Waals surface area contributed by atoms with Gasteiger partial charge < -0.3 is 10.4 Å². The predicted octanol–water partition coefficient (Wildman–Crippen LogP) is 2.83. The minimum atomic E-state index is -6.53. The zero-order valence-corrected chi connectivity index (χ0v) is 11.2. The lowest BCUT2D eigenvalue weighted by atomic mass is 10.0. The first-order valence-electron chi connectivity index (χ1n) is 6.23. The monoisotopic (exact) mass is 345 g/mol. The molecule has 0 unspecified atom stereocenters. The third-order valence-corrected chi connectivity index (χ3v) is 2.74. The Morgan fingerprint density at radius 3 is 1.91 bits per heavy atom. The molecule has 2 N–H and O–H groups in total. The van der Waals surface area contributed by atoms with Crippen molar-refractivity contribution in [3.63, 3.8) is 0 Å². The first-order chi connectivity index (χ1) is 9.92. The second-order valence-corrected chi connectivity index (χ2v) is 4.47. The fourth-order valence-electron chi connectivity index (χ4n) is 1.39. The van der Waals surface area contributed by atoms with Crippen molar-refractivity contribution in [2.45, 2.75) is 49.9 Å². The highest BCUT2D eigenvalue weighted by atomic mass is 19.4.